The summed E-state index contributed by atoms with van der Waals surface area (Å²) >= 11 is 0. The molecule has 0 nitrogen and oxygen atoms in total. The fourth-order valence-corrected chi connectivity index (χ4v) is 0.436. The highest BCUT2D eigenvalue weighted by Crippen LogP contribution is 2.03. The SMILES string of the molecule is C[C+]1C=C=C[C-]=C1. The molecule has 0 heteroatoms. The highest BCUT2D eigenvalue weighted by molar-refractivity contribution is 5.24. The zero-order chi connectivity index (χ0) is 5.11. The van der Waals surface area contributed by atoms with E-state index in [1.165, 1.54) is 5.92 Å². The normalized spacial score (nSPS) is 15.9. The Morgan fingerprint density at radius 2 is 2.57 bits per heavy atom. The number of rotatable bonds is 0. The van der Waals surface area contributed by atoms with Crippen LogP contribution in [0, 0.1) is 12.0 Å². The highest BCUT2D eigenvalue weighted by Gasteiger charge is 1.86. The molecule has 34 valence electrons. The van der Waals surface area contributed by atoms with Crippen molar-refractivity contribution in [3.05, 3.63) is 36.0 Å². The third kappa shape index (κ3) is 0.989. The van der Waals surface area contributed by atoms with Crippen molar-refractivity contribution in [3.8, 4) is 0 Å². The highest BCUT2D eigenvalue weighted by atomic mass is 13.9. The third-order valence-electron chi connectivity index (χ3n) is 0.789. The van der Waals surface area contributed by atoms with Gasteiger partial charge in [-0.2, -0.15) is 0 Å². The smallest absolute Gasteiger partial charge is 0.00976 e. The van der Waals surface area contributed by atoms with E-state index in [2.05, 4.69) is 11.8 Å². The lowest BCUT2D eigenvalue weighted by Crippen LogP contribution is -1.78. The van der Waals surface area contributed by atoms with Crippen LogP contribution in [0.5, 0.6) is 0 Å². The first-order valence-corrected chi connectivity index (χ1v) is 2.23. The Kier molecular flexibility index (Phi) is 1.06. The first-order valence-electron chi connectivity index (χ1n) is 2.23. The van der Waals surface area contributed by atoms with Gasteiger partial charge in [-0.1, -0.05) is 6.08 Å². The van der Waals surface area contributed by atoms with E-state index in [0.29, 0.717) is 0 Å². The lowest BCUT2D eigenvalue weighted by molar-refractivity contribution is 1.31. The van der Waals surface area contributed by atoms with Gasteiger partial charge in [-0.05, 0) is 31.1 Å². The van der Waals surface area contributed by atoms with Crippen LogP contribution in [-0.4, -0.2) is 0 Å². The lowest BCUT2D eigenvalue weighted by atomic mass is 10.1. The van der Waals surface area contributed by atoms with Crippen molar-refractivity contribution in [1.29, 1.82) is 0 Å². The Hall–Kier alpha value is -0.870. The van der Waals surface area contributed by atoms with Crippen LogP contribution < -0.4 is 0 Å². The molecule has 0 aliphatic heterocycles. The van der Waals surface area contributed by atoms with Crippen molar-refractivity contribution < 1.29 is 0 Å². The zero-order valence-electron chi connectivity index (χ0n) is 4.23. The quantitative estimate of drug-likeness (QED) is 0.313. The Labute approximate surface area is 43.9 Å². The van der Waals surface area contributed by atoms with Crippen molar-refractivity contribution >= 4 is 0 Å². The maximum atomic E-state index is 2.91. The number of allylic oxidation sites excluding steroid dienone is 3. The van der Waals surface area contributed by atoms with Crippen LogP contribution in [0.3, 0.4) is 0 Å². The van der Waals surface area contributed by atoms with Gasteiger partial charge < -0.3 is 0 Å². The molecule has 0 saturated carbocycles. The number of hydrogen-bond acceptors (Lipinski definition) is 0. The molecule has 0 bridgehead atoms. The maximum absolute atomic E-state index is 2.91. The topological polar surface area (TPSA) is 0 Å². The van der Waals surface area contributed by atoms with Crippen LogP contribution >= 0.6 is 0 Å². The molecule has 1 aliphatic carbocycles. The summed E-state index contributed by atoms with van der Waals surface area (Å²) in [5, 5.41) is 0. The van der Waals surface area contributed by atoms with E-state index in [1.54, 1.807) is 6.08 Å². The predicted octanol–water partition coefficient (Wildman–Crippen LogP) is 1.67. The van der Waals surface area contributed by atoms with Crippen molar-refractivity contribution in [2.24, 2.45) is 0 Å². The second-order valence-electron chi connectivity index (χ2n) is 1.51. The molecule has 7 heavy (non-hydrogen) atoms. The van der Waals surface area contributed by atoms with Gasteiger partial charge in [0.2, 0.25) is 0 Å². The van der Waals surface area contributed by atoms with Crippen molar-refractivity contribution in [3.63, 3.8) is 0 Å². The Morgan fingerprint density at radius 3 is 2.86 bits per heavy atom. The molecular formula is C7H6. The van der Waals surface area contributed by atoms with Gasteiger partial charge in [0.1, 0.15) is 0 Å². The summed E-state index contributed by atoms with van der Waals surface area (Å²) in [4.78, 5) is 0. The van der Waals surface area contributed by atoms with Crippen molar-refractivity contribution in [2.45, 2.75) is 6.92 Å². The van der Waals surface area contributed by atoms with E-state index in [0.717, 1.165) is 0 Å². The first-order chi connectivity index (χ1) is 3.39. The summed E-state index contributed by atoms with van der Waals surface area (Å²) in [6.07, 6.45) is 8.53. The fraction of sp³-hybridized carbons (Fsp3) is 0.143. The summed E-state index contributed by atoms with van der Waals surface area (Å²) in [6.45, 7) is 2.02. The van der Waals surface area contributed by atoms with E-state index < -0.39 is 0 Å². The molecule has 0 fully saturated rings. The molecule has 0 radical (unpaired) electrons. The Balaban J connectivity index is 2.77. The van der Waals surface area contributed by atoms with Crippen LogP contribution in [0.1, 0.15) is 6.92 Å². The molecule has 0 saturated heterocycles. The molecule has 0 N–H and O–H groups in total. The van der Waals surface area contributed by atoms with Crippen LogP contribution in [0.15, 0.2) is 24.0 Å². The Morgan fingerprint density at radius 1 is 1.71 bits per heavy atom. The van der Waals surface area contributed by atoms with Crippen LogP contribution in [-0.2, 0) is 0 Å². The second-order valence-corrected chi connectivity index (χ2v) is 1.51. The van der Waals surface area contributed by atoms with Crippen LogP contribution in [0.2, 0.25) is 0 Å². The maximum Gasteiger partial charge on any atom is -0.00976 e. The fourth-order valence-electron chi connectivity index (χ4n) is 0.436. The largest absolute Gasteiger partial charge is 0.120 e. The van der Waals surface area contributed by atoms with Gasteiger partial charge in [-0.15, -0.1) is 5.73 Å². The van der Waals surface area contributed by atoms with Gasteiger partial charge in [-0.3, -0.25) is 0 Å². The zero-order valence-corrected chi connectivity index (χ0v) is 4.23. The lowest BCUT2D eigenvalue weighted by Gasteiger charge is -1.94. The molecule has 0 aromatic carbocycles. The van der Waals surface area contributed by atoms with Gasteiger partial charge >= 0.3 is 0 Å². The van der Waals surface area contributed by atoms with Gasteiger partial charge in [-0.25, -0.2) is 0 Å². The average molecular weight is 90.1 g/mol. The Bertz CT molecular complexity index is 134. The summed E-state index contributed by atoms with van der Waals surface area (Å²) in [5.74, 6) is 1.21. The van der Waals surface area contributed by atoms with Crippen molar-refractivity contribution in [1.82, 2.24) is 0 Å². The van der Waals surface area contributed by atoms with E-state index in [-0.39, 0.29) is 0 Å². The molecule has 0 amide bonds. The summed E-state index contributed by atoms with van der Waals surface area (Å²) < 4.78 is 0. The van der Waals surface area contributed by atoms with E-state index in [1.807, 2.05) is 19.1 Å². The number of hydrogen-bond donors (Lipinski definition) is 0. The molecule has 1 rings (SSSR count). The van der Waals surface area contributed by atoms with Gasteiger partial charge in [0.05, 0.1) is 0 Å². The van der Waals surface area contributed by atoms with Crippen LogP contribution in [0.25, 0.3) is 0 Å². The molecule has 0 spiro atoms. The molecule has 0 atom stereocenters. The molecule has 1 aliphatic rings. The van der Waals surface area contributed by atoms with Crippen molar-refractivity contribution in [2.75, 3.05) is 0 Å². The molecule has 0 heterocycles. The van der Waals surface area contributed by atoms with Gasteiger partial charge in [0.15, 0.2) is 0 Å². The minimum atomic E-state index is 1.21. The monoisotopic (exact) mass is 90.0 g/mol. The average Bonchev–Trinajstić information content (AvgIpc) is 1.69. The summed E-state index contributed by atoms with van der Waals surface area (Å²) in [6, 6.07) is 0. The van der Waals surface area contributed by atoms with E-state index in [4.69, 9.17) is 0 Å². The first kappa shape index (κ1) is 4.29. The molecular weight excluding hydrogens is 84.1 g/mol. The summed E-state index contributed by atoms with van der Waals surface area (Å²) in [5.41, 5.74) is 2.91. The summed E-state index contributed by atoms with van der Waals surface area (Å²) in [7, 11) is 0. The van der Waals surface area contributed by atoms with Gasteiger partial charge in [0, 0.05) is 0 Å². The minimum Gasteiger partial charge on any atom is -0.120 e. The molecule has 0 aromatic heterocycles. The third-order valence-corrected chi connectivity index (χ3v) is 0.789. The van der Waals surface area contributed by atoms with Gasteiger partial charge in [0.25, 0.3) is 0 Å². The van der Waals surface area contributed by atoms with E-state index in [9.17, 15) is 0 Å². The molecule has 0 aromatic rings. The standard InChI is InChI=1S/C7H6/c1-7-5-3-2-4-6-7/h2,5-6H,1H3. The molecule has 0 unspecified atom stereocenters. The predicted molar refractivity (Wildman–Crippen MR) is 29.4 cm³/mol. The van der Waals surface area contributed by atoms with Crippen LogP contribution in [0.4, 0.5) is 0 Å². The second kappa shape index (κ2) is 1.72. The minimum absolute atomic E-state index is 1.21. The van der Waals surface area contributed by atoms with E-state index >= 15 is 0 Å².